The summed E-state index contributed by atoms with van der Waals surface area (Å²) >= 11 is 0. The number of anilines is 1. The fourth-order valence-electron chi connectivity index (χ4n) is 2.33. The summed E-state index contributed by atoms with van der Waals surface area (Å²) in [5.41, 5.74) is 7.99. The molecule has 1 amide bonds. The Kier molecular flexibility index (Phi) is 3.00. The van der Waals surface area contributed by atoms with Crippen LogP contribution in [0, 0.1) is 0 Å². The monoisotopic (exact) mass is 257 g/mol. The molecule has 0 unspecified atom stereocenters. The van der Waals surface area contributed by atoms with E-state index in [2.05, 4.69) is 10.3 Å². The molecule has 3 rings (SSSR count). The number of aromatic nitrogens is 3. The van der Waals surface area contributed by atoms with Crippen LogP contribution in [-0.2, 0) is 13.0 Å². The maximum atomic E-state index is 12.4. The number of nitrogens with two attached hydrogens (primary N) is 1. The summed E-state index contributed by atoms with van der Waals surface area (Å²) in [7, 11) is 0. The van der Waals surface area contributed by atoms with Crippen molar-refractivity contribution >= 4 is 11.6 Å². The minimum atomic E-state index is -0.103. The van der Waals surface area contributed by atoms with Gasteiger partial charge in [0.15, 0.2) is 5.69 Å². The van der Waals surface area contributed by atoms with Crippen LogP contribution in [0.5, 0.6) is 0 Å². The summed E-state index contributed by atoms with van der Waals surface area (Å²) in [6, 6.07) is 7.94. The highest BCUT2D eigenvalue weighted by Crippen LogP contribution is 2.28. The van der Waals surface area contributed by atoms with Crippen molar-refractivity contribution in [2.45, 2.75) is 13.0 Å². The number of carbonyl (C=O) groups is 1. The van der Waals surface area contributed by atoms with Crippen LogP contribution in [0.2, 0.25) is 0 Å². The van der Waals surface area contributed by atoms with Crippen LogP contribution in [0.25, 0.3) is 0 Å². The zero-order valence-corrected chi connectivity index (χ0v) is 10.5. The molecule has 6 nitrogen and oxygen atoms in total. The van der Waals surface area contributed by atoms with Crippen molar-refractivity contribution in [2.24, 2.45) is 5.73 Å². The maximum Gasteiger partial charge on any atom is 0.280 e. The number of nitrogens with zero attached hydrogens (tertiary/aromatic N) is 4. The molecule has 2 N–H and O–H groups in total. The fraction of sp³-hybridized carbons (Fsp3) is 0.308. The smallest absolute Gasteiger partial charge is 0.280 e. The summed E-state index contributed by atoms with van der Waals surface area (Å²) < 4.78 is 1.59. The highest BCUT2D eigenvalue weighted by molar-refractivity contribution is 6.05. The van der Waals surface area contributed by atoms with E-state index in [1.165, 1.54) is 5.56 Å². The Bertz CT molecular complexity index is 607. The van der Waals surface area contributed by atoms with E-state index in [1.807, 2.05) is 24.3 Å². The van der Waals surface area contributed by atoms with Crippen molar-refractivity contribution in [3.8, 4) is 0 Å². The first-order valence-corrected chi connectivity index (χ1v) is 6.29. The average molecular weight is 257 g/mol. The second kappa shape index (κ2) is 4.81. The van der Waals surface area contributed by atoms with Crippen molar-refractivity contribution in [2.75, 3.05) is 18.0 Å². The number of rotatable bonds is 3. The zero-order valence-electron chi connectivity index (χ0n) is 10.5. The second-order valence-electron chi connectivity index (χ2n) is 4.49. The number of benzene rings is 1. The average Bonchev–Trinajstić information content (AvgIpc) is 3.05. The summed E-state index contributed by atoms with van der Waals surface area (Å²) in [6.07, 6.45) is 2.54. The van der Waals surface area contributed by atoms with E-state index >= 15 is 0 Å². The molecule has 0 fully saturated rings. The lowest BCUT2D eigenvalue weighted by Gasteiger charge is -2.15. The summed E-state index contributed by atoms with van der Waals surface area (Å²) in [6.45, 7) is 1.74. The number of hydrogen-bond donors (Lipinski definition) is 1. The minimum Gasteiger partial charge on any atom is -0.329 e. The molecule has 0 radical (unpaired) electrons. The molecule has 98 valence electrons. The van der Waals surface area contributed by atoms with Crippen molar-refractivity contribution in [3.63, 3.8) is 0 Å². The maximum absolute atomic E-state index is 12.4. The van der Waals surface area contributed by atoms with Crippen LogP contribution >= 0.6 is 0 Å². The molecule has 0 saturated carbocycles. The standard InChI is InChI=1S/C13H15N5O/c14-6-8-17-9-11(15-16-17)13(19)18-7-5-10-3-1-2-4-12(10)18/h1-4,9H,5-8,14H2. The lowest BCUT2D eigenvalue weighted by molar-refractivity contribution is 0.0984. The van der Waals surface area contributed by atoms with Crippen molar-refractivity contribution in [1.29, 1.82) is 0 Å². The Hall–Kier alpha value is -2.21. The van der Waals surface area contributed by atoms with Gasteiger partial charge in [0.1, 0.15) is 0 Å². The molecule has 1 aromatic carbocycles. The van der Waals surface area contributed by atoms with Crippen molar-refractivity contribution < 1.29 is 4.79 Å². The van der Waals surface area contributed by atoms with Gasteiger partial charge in [0.05, 0.1) is 12.7 Å². The van der Waals surface area contributed by atoms with Crippen LogP contribution in [0.15, 0.2) is 30.5 Å². The molecule has 0 saturated heterocycles. The summed E-state index contributed by atoms with van der Waals surface area (Å²) in [5.74, 6) is -0.103. The molecule has 0 aliphatic carbocycles. The van der Waals surface area contributed by atoms with Gasteiger partial charge in [-0.1, -0.05) is 23.4 Å². The fourth-order valence-corrected chi connectivity index (χ4v) is 2.33. The van der Waals surface area contributed by atoms with Gasteiger partial charge in [-0.2, -0.15) is 0 Å². The van der Waals surface area contributed by atoms with E-state index in [0.29, 0.717) is 25.3 Å². The second-order valence-corrected chi connectivity index (χ2v) is 4.49. The van der Waals surface area contributed by atoms with Gasteiger partial charge < -0.3 is 10.6 Å². The lowest BCUT2D eigenvalue weighted by Crippen LogP contribution is -2.29. The number of fused-ring (bicyclic) bond motifs is 1. The third-order valence-electron chi connectivity index (χ3n) is 3.25. The molecule has 1 aliphatic heterocycles. The van der Waals surface area contributed by atoms with Crippen LogP contribution in [0.1, 0.15) is 16.1 Å². The first kappa shape index (κ1) is 11.9. The van der Waals surface area contributed by atoms with Gasteiger partial charge in [0, 0.05) is 18.8 Å². The highest BCUT2D eigenvalue weighted by atomic mass is 16.2. The molecule has 0 bridgehead atoms. The number of carbonyl (C=O) groups excluding carboxylic acids is 1. The first-order valence-electron chi connectivity index (χ1n) is 6.29. The third-order valence-corrected chi connectivity index (χ3v) is 3.25. The van der Waals surface area contributed by atoms with Gasteiger partial charge in [-0.25, -0.2) is 0 Å². The normalized spacial score (nSPS) is 13.6. The van der Waals surface area contributed by atoms with Crippen LogP contribution in [-0.4, -0.2) is 34.0 Å². The number of amides is 1. The predicted octanol–water partition coefficient (Wildman–Crippen LogP) is 0.440. The Morgan fingerprint density at radius 3 is 3.05 bits per heavy atom. The van der Waals surface area contributed by atoms with Gasteiger partial charge in [-0.15, -0.1) is 5.10 Å². The van der Waals surface area contributed by atoms with E-state index in [1.54, 1.807) is 15.8 Å². The van der Waals surface area contributed by atoms with E-state index < -0.39 is 0 Å². The molecule has 1 aromatic heterocycles. The predicted molar refractivity (Wildman–Crippen MR) is 70.9 cm³/mol. The van der Waals surface area contributed by atoms with Crippen LogP contribution < -0.4 is 10.6 Å². The van der Waals surface area contributed by atoms with E-state index in [9.17, 15) is 4.79 Å². The molecule has 2 aromatic rings. The molecular formula is C13H15N5O. The molecule has 1 aliphatic rings. The highest BCUT2D eigenvalue weighted by Gasteiger charge is 2.26. The summed E-state index contributed by atoms with van der Waals surface area (Å²) in [4.78, 5) is 14.2. The molecule has 19 heavy (non-hydrogen) atoms. The minimum absolute atomic E-state index is 0.103. The van der Waals surface area contributed by atoms with E-state index in [4.69, 9.17) is 5.73 Å². The number of para-hydroxylation sites is 1. The number of hydrogen-bond acceptors (Lipinski definition) is 4. The Balaban J connectivity index is 1.85. The van der Waals surface area contributed by atoms with Crippen LogP contribution in [0.3, 0.4) is 0 Å². The van der Waals surface area contributed by atoms with Gasteiger partial charge in [-0.3, -0.25) is 9.48 Å². The Morgan fingerprint density at radius 2 is 2.21 bits per heavy atom. The largest absolute Gasteiger partial charge is 0.329 e. The molecule has 6 heteroatoms. The van der Waals surface area contributed by atoms with E-state index in [-0.39, 0.29) is 5.91 Å². The Labute approximate surface area is 110 Å². The molecule has 0 spiro atoms. The zero-order chi connectivity index (χ0) is 13.2. The molecule has 2 heterocycles. The summed E-state index contributed by atoms with van der Waals surface area (Å²) in [5, 5.41) is 7.81. The van der Waals surface area contributed by atoms with Crippen LogP contribution in [0.4, 0.5) is 5.69 Å². The van der Waals surface area contributed by atoms with Gasteiger partial charge in [-0.05, 0) is 18.1 Å². The van der Waals surface area contributed by atoms with E-state index in [0.717, 1.165) is 12.1 Å². The SMILES string of the molecule is NCCn1cc(C(=O)N2CCc3ccccc32)nn1. The first-order chi connectivity index (χ1) is 9.29. The van der Waals surface area contributed by atoms with Crippen molar-refractivity contribution in [3.05, 3.63) is 41.7 Å². The van der Waals surface area contributed by atoms with Gasteiger partial charge in [0.25, 0.3) is 5.91 Å². The molecule has 0 atom stereocenters. The topological polar surface area (TPSA) is 77.0 Å². The quantitative estimate of drug-likeness (QED) is 0.865. The van der Waals surface area contributed by atoms with Crippen molar-refractivity contribution in [1.82, 2.24) is 15.0 Å². The van der Waals surface area contributed by atoms with Gasteiger partial charge in [0.2, 0.25) is 0 Å². The Morgan fingerprint density at radius 1 is 1.37 bits per heavy atom. The van der Waals surface area contributed by atoms with Gasteiger partial charge >= 0.3 is 0 Å². The third kappa shape index (κ3) is 2.10. The lowest BCUT2D eigenvalue weighted by atomic mass is 10.2. The molecular weight excluding hydrogens is 242 g/mol.